The van der Waals surface area contributed by atoms with Gasteiger partial charge in [-0.05, 0) is 44.0 Å². The topological polar surface area (TPSA) is 99.5 Å². The van der Waals surface area contributed by atoms with Gasteiger partial charge in [-0.2, -0.15) is 0 Å². The zero-order valence-corrected chi connectivity index (χ0v) is 20.3. The van der Waals surface area contributed by atoms with Crippen molar-refractivity contribution in [3.05, 3.63) is 59.7 Å². The second kappa shape index (κ2) is 8.62. The van der Waals surface area contributed by atoms with E-state index in [1.807, 2.05) is 55.5 Å². The van der Waals surface area contributed by atoms with Crippen LogP contribution in [0.1, 0.15) is 38.3 Å². The van der Waals surface area contributed by atoms with E-state index in [2.05, 4.69) is 0 Å². The molecule has 8 heteroatoms. The summed E-state index contributed by atoms with van der Waals surface area (Å²) in [6, 6.07) is 15.3. The Balaban J connectivity index is 1.65. The summed E-state index contributed by atoms with van der Waals surface area (Å²) in [6.07, 6.45) is -0.624. The average molecular weight is 481 g/mol. The van der Waals surface area contributed by atoms with Crippen LogP contribution in [0.2, 0.25) is 0 Å². The van der Waals surface area contributed by atoms with Gasteiger partial charge < -0.3 is 24.6 Å². The first kappa shape index (κ1) is 23.8. The van der Waals surface area contributed by atoms with E-state index in [1.54, 1.807) is 23.6 Å². The fourth-order valence-electron chi connectivity index (χ4n) is 6.18. The molecule has 0 unspecified atom stereocenters. The van der Waals surface area contributed by atoms with E-state index in [-0.39, 0.29) is 24.3 Å². The van der Waals surface area contributed by atoms with Gasteiger partial charge in [-0.25, -0.2) is 4.79 Å². The van der Waals surface area contributed by atoms with E-state index >= 15 is 0 Å². The van der Waals surface area contributed by atoms with E-state index in [1.165, 1.54) is 0 Å². The molecule has 186 valence electrons. The van der Waals surface area contributed by atoms with Crippen LogP contribution in [0.3, 0.4) is 0 Å². The molecule has 2 fully saturated rings. The van der Waals surface area contributed by atoms with Gasteiger partial charge in [0.05, 0.1) is 30.5 Å². The molecular formula is C27H32N2O6. The van der Waals surface area contributed by atoms with Crippen molar-refractivity contribution >= 4 is 23.4 Å². The van der Waals surface area contributed by atoms with Gasteiger partial charge in [0.1, 0.15) is 6.61 Å². The summed E-state index contributed by atoms with van der Waals surface area (Å²) in [5, 5.41) is 20.8. The molecule has 0 bridgehead atoms. The van der Waals surface area contributed by atoms with Crippen molar-refractivity contribution in [3.63, 3.8) is 0 Å². The molecule has 2 saturated heterocycles. The number of cyclic esters (lactones) is 1. The predicted molar refractivity (Wildman–Crippen MR) is 130 cm³/mol. The molecule has 35 heavy (non-hydrogen) atoms. The first-order chi connectivity index (χ1) is 16.7. The summed E-state index contributed by atoms with van der Waals surface area (Å²) in [7, 11) is 0. The zero-order valence-electron chi connectivity index (χ0n) is 20.3. The van der Waals surface area contributed by atoms with Crippen molar-refractivity contribution in [2.45, 2.75) is 51.0 Å². The van der Waals surface area contributed by atoms with Crippen LogP contribution in [0, 0.1) is 11.8 Å². The summed E-state index contributed by atoms with van der Waals surface area (Å²) in [5.74, 6) is -0.963. The molecule has 0 saturated carbocycles. The number of fused-ring (bicyclic) bond motifs is 2. The molecule has 4 atom stereocenters. The molecule has 8 nitrogen and oxygen atoms in total. The van der Waals surface area contributed by atoms with Crippen molar-refractivity contribution in [2.24, 2.45) is 11.8 Å². The lowest BCUT2D eigenvalue weighted by Crippen LogP contribution is -2.46. The second-order valence-corrected chi connectivity index (χ2v) is 10.2. The molecule has 2 aromatic rings. The van der Waals surface area contributed by atoms with E-state index in [9.17, 15) is 19.8 Å². The van der Waals surface area contributed by atoms with Crippen LogP contribution in [0.15, 0.2) is 48.5 Å². The average Bonchev–Trinajstić information content (AvgIpc) is 3.44. The van der Waals surface area contributed by atoms with E-state index in [0.29, 0.717) is 37.4 Å². The van der Waals surface area contributed by atoms with Crippen LogP contribution in [0.5, 0.6) is 0 Å². The number of carbonyl (C=O) groups excluding carboxylic acids is 2. The Morgan fingerprint density at radius 1 is 1.14 bits per heavy atom. The maximum atomic E-state index is 14.3. The standard InChI is InChI=1S/C27H32N2O6/c1-17-23(26(2,3)33)22(11-13-30)35-27(17)20-15-19(28-12-14-34-25(28)32)9-10-21(20)29(24(27)31)16-18-7-5-4-6-8-18/h4-10,15,17,22-23,30,33H,11-14,16H2,1-3H3/t17-,22+,23-,27+/m1/s1. The highest BCUT2D eigenvalue weighted by atomic mass is 16.6. The Labute approximate surface area is 205 Å². The number of aliphatic hydroxyl groups is 2. The fourth-order valence-corrected chi connectivity index (χ4v) is 6.18. The van der Waals surface area contributed by atoms with E-state index in [0.717, 1.165) is 11.3 Å². The molecule has 2 aromatic carbocycles. The number of amides is 2. The van der Waals surface area contributed by atoms with Gasteiger partial charge in [0.15, 0.2) is 5.60 Å². The summed E-state index contributed by atoms with van der Waals surface area (Å²) >= 11 is 0. The number of anilines is 2. The normalized spacial score (nSPS) is 28.2. The molecule has 0 aliphatic carbocycles. The first-order valence-corrected chi connectivity index (χ1v) is 12.1. The van der Waals surface area contributed by atoms with Crippen molar-refractivity contribution in [1.29, 1.82) is 0 Å². The number of aliphatic hydroxyl groups excluding tert-OH is 1. The molecular weight excluding hydrogens is 448 g/mol. The van der Waals surface area contributed by atoms with Gasteiger partial charge in [-0.3, -0.25) is 9.69 Å². The Morgan fingerprint density at radius 2 is 1.89 bits per heavy atom. The molecule has 1 spiro atoms. The van der Waals surface area contributed by atoms with Crippen LogP contribution in [0.4, 0.5) is 16.2 Å². The second-order valence-electron chi connectivity index (χ2n) is 10.2. The van der Waals surface area contributed by atoms with Crippen molar-refractivity contribution in [1.82, 2.24) is 0 Å². The number of ether oxygens (including phenoxy) is 2. The van der Waals surface area contributed by atoms with Crippen molar-refractivity contribution in [2.75, 3.05) is 29.6 Å². The number of hydrogen-bond donors (Lipinski definition) is 2. The zero-order chi connectivity index (χ0) is 25.0. The molecule has 0 aromatic heterocycles. The monoisotopic (exact) mass is 480 g/mol. The molecule has 3 aliphatic rings. The fraction of sp³-hybridized carbons (Fsp3) is 0.481. The SMILES string of the molecule is C[C@@H]1[C@@H](C(C)(C)O)[C@H](CCO)O[C@@]12C(=O)N(Cc1ccccc1)c1ccc(N3CCOC3=O)cc12. The van der Waals surface area contributed by atoms with Gasteiger partial charge in [-0.1, -0.05) is 37.3 Å². The third-order valence-corrected chi connectivity index (χ3v) is 7.64. The van der Waals surface area contributed by atoms with Gasteiger partial charge in [0.2, 0.25) is 0 Å². The minimum absolute atomic E-state index is 0.117. The summed E-state index contributed by atoms with van der Waals surface area (Å²) < 4.78 is 11.7. The maximum absolute atomic E-state index is 14.3. The number of benzene rings is 2. The Kier molecular flexibility index (Phi) is 5.86. The molecule has 5 rings (SSSR count). The third-order valence-electron chi connectivity index (χ3n) is 7.64. The summed E-state index contributed by atoms with van der Waals surface area (Å²) in [6.45, 7) is 6.38. The Morgan fingerprint density at radius 3 is 2.51 bits per heavy atom. The lowest BCUT2D eigenvalue weighted by Gasteiger charge is -2.34. The van der Waals surface area contributed by atoms with Crippen molar-refractivity contribution < 1.29 is 29.3 Å². The Hall–Kier alpha value is -2.94. The highest BCUT2D eigenvalue weighted by molar-refractivity contribution is 6.08. The first-order valence-electron chi connectivity index (χ1n) is 12.1. The lowest BCUT2D eigenvalue weighted by atomic mass is 9.71. The lowest BCUT2D eigenvalue weighted by molar-refractivity contribution is -0.146. The van der Waals surface area contributed by atoms with Gasteiger partial charge in [0.25, 0.3) is 5.91 Å². The Bertz CT molecular complexity index is 1130. The smallest absolute Gasteiger partial charge is 0.414 e. The van der Waals surface area contributed by atoms with Gasteiger partial charge in [0, 0.05) is 29.7 Å². The molecule has 0 radical (unpaired) electrons. The van der Waals surface area contributed by atoms with Crippen LogP contribution >= 0.6 is 0 Å². The van der Waals surface area contributed by atoms with E-state index in [4.69, 9.17) is 9.47 Å². The highest BCUT2D eigenvalue weighted by Crippen LogP contribution is 2.58. The minimum Gasteiger partial charge on any atom is -0.447 e. The van der Waals surface area contributed by atoms with Crippen LogP contribution < -0.4 is 9.80 Å². The molecule has 3 aliphatic heterocycles. The third kappa shape index (κ3) is 3.71. The number of nitrogens with zero attached hydrogens (tertiary/aromatic N) is 2. The van der Waals surface area contributed by atoms with Crippen LogP contribution in [0.25, 0.3) is 0 Å². The van der Waals surface area contributed by atoms with Crippen molar-refractivity contribution in [3.8, 4) is 0 Å². The molecule has 2 N–H and O–H groups in total. The van der Waals surface area contributed by atoms with Crippen LogP contribution in [-0.2, 0) is 26.4 Å². The molecule has 3 heterocycles. The quantitative estimate of drug-likeness (QED) is 0.659. The van der Waals surface area contributed by atoms with Crippen LogP contribution in [-0.4, -0.2) is 53.7 Å². The van der Waals surface area contributed by atoms with Gasteiger partial charge in [-0.15, -0.1) is 0 Å². The summed E-state index contributed by atoms with van der Waals surface area (Å²) in [4.78, 5) is 29.8. The van der Waals surface area contributed by atoms with E-state index < -0.39 is 23.4 Å². The summed E-state index contributed by atoms with van der Waals surface area (Å²) in [5.41, 5.74) is 0.550. The number of carbonyl (C=O) groups is 2. The molecule has 2 amide bonds. The maximum Gasteiger partial charge on any atom is 0.414 e. The minimum atomic E-state index is -1.34. The largest absolute Gasteiger partial charge is 0.447 e. The number of hydrogen-bond acceptors (Lipinski definition) is 6. The highest BCUT2D eigenvalue weighted by Gasteiger charge is 2.65. The number of rotatable bonds is 6. The predicted octanol–water partition coefficient (Wildman–Crippen LogP) is 3.19. The van der Waals surface area contributed by atoms with Gasteiger partial charge >= 0.3 is 6.09 Å².